The highest BCUT2D eigenvalue weighted by molar-refractivity contribution is 7.80. The van der Waals surface area contributed by atoms with Gasteiger partial charge in [-0.2, -0.15) is 0 Å². The van der Waals surface area contributed by atoms with Crippen LogP contribution in [0.2, 0.25) is 5.02 Å². The molecular formula is C19H22ClN3S. The number of nitrogens with one attached hydrogen (secondary N) is 1. The summed E-state index contributed by atoms with van der Waals surface area (Å²) in [5.41, 5.74) is 2.10. The number of nitrogens with zero attached hydrogens (tertiary/aromatic N) is 2. The Bertz CT molecular complexity index is 680. The fraction of sp³-hybridized carbons (Fsp3) is 0.263. The minimum Gasteiger partial charge on any atom is -0.360 e. The minimum atomic E-state index is 0.454. The van der Waals surface area contributed by atoms with Crippen LogP contribution < -0.4 is 5.32 Å². The molecule has 0 saturated heterocycles. The molecule has 0 aliphatic carbocycles. The third-order valence-electron chi connectivity index (χ3n) is 3.66. The fourth-order valence-electron chi connectivity index (χ4n) is 2.39. The van der Waals surface area contributed by atoms with Crippen LogP contribution in [0.3, 0.4) is 0 Å². The van der Waals surface area contributed by atoms with Gasteiger partial charge >= 0.3 is 0 Å². The highest BCUT2D eigenvalue weighted by Crippen LogP contribution is 2.14. The number of hydrogen-bond donors (Lipinski definition) is 1. The van der Waals surface area contributed by atoms with Crippen molar-refractivity contribution in [3.63, 3.8) is 0 Å². The van der Waals surface area contributed by atoms with E-state index in [0.717, 1.165) is 31.0 Å². The number of thiocarbonyl (C=S) groups is 1. The summed E-state index contributed by atoms with van der Waals surface area (Å²) in [4.78, 5) is 6.89. The van der Waals surface area contributed by atoms with Gasteiger partial charge in [-0.3, -0.25) is 0 Å². The van der Waals surface area contributed by atoms with E-state index in [2.05, 4.69) is 41.2 Å². The Kier molecular flexibility index (Phi) is 7.22. The van der Waals surface area contributed by atoms with Gasteiger partial charge in [0, 0.05) is 30.2 Å². The summed E-state index contributed by atoms with van der Waals surface area (Å²) >= 11 is 11.3. The van der Waals surface area contributed by atoms with Gasteiger partial charge in [0.05, 0.1) is 0 Å². The molecule has 1 N–H and O–H groups in total. The number of anilines is 1. The van der Waals surface area contributed by atoms with Crippen LogP contribution >= 0.6 is 23.8 Å². The van der Waals surface area contributed by atoms with Crippen LogP contribution in [0, 0.1) is 0 Å². The molecule has 0 aromatic heterocycles. The largest absolute Gasteiger partial charge is 0.360 e. The van der Waals surface area contributed by atoms with Crippen molar-refractivity contribution in [2.75, 3.05) is 18.4 Å². The van der Waals surface area contributed by atoms with Crippen LogP contribution in [-0.4, -0.2) is 28.9 Å². The van der Waals surface area contributed by atoms with E-state index in [1.807, 2.05) is 42.5 Å². The molecule has 0 aliphatic heterocycles. The number of hydrogen-bond acceptors (Lipinski definition) is 1. The topological polar surface area (TPSA) is 27.6 Å². The Hall–Kier alpha value is -1.91. The number of likely N-dealkylation sites (N-methyl/N-ethyl adjacent to an activating group) is 1. The lowest BCUT2D eigenvalue weighted by atomic mass is 10.1. The zero-order chi connectivity index (χ0) is 17.4. The van der Waals surface area contributed by atoms with Gasteiger partial charge < -0.3 is 10.2 Å². The van der Waals surface area contributed by atoms with Crippen molar-refractivity contribution >= 4 is 40.5 Å². The molecule has 2 rings (SSSR count). The smallest absolute Gasteiger partial charge is 0.198 e. The number of benzene rings is 2. The maximum Gasteiger partial charge on any atom is 0.198 e. The van der Waals surface area contributed by atoms with Crippen LogP contribution in [0.25, 0.3) is 0 Å². The van der Waals surface area contributed by atoms with Crippen molar-refractivity contribution in [3.05, 3.63) is 65.2 Å². The highest BCUT2D eigenvalue weighted by atomic mass is 35.5. The van der Waals surface area contributed by atoms with E-state index in [1.165, 1.54) is 5.56 Å². The first-order valence-corrected chi connectivity index (χ1v) is 8.84. The van der Waals surface area contributed by atoms with Gasteiger partial charge in [0.15, 0.2) is 5.11 Å². The molecule has 0 heterocycles. The van der Waals surface area contributed by atoms with E-state index in [-0.39, 0.29) is 0 Å². The quantitative estimate of drug-likeness (QED) is 0.461. The summed E-state index contributed by atoms with van der Waals surface area (Å²) in [7, 11) is 0. The van der Waals surface area contributed by atoms with Crippen LogP contribution in [0.1, 0.15) is 19.4 Å². The molecule has 126 valence electrons. The predicted octanol–water partition coefficient (Wildman–Crippen LogP) is 5.02. The first kappa shape index (κ1) is 18.4. The van der Waals surface area contributed by atoms with E-state index in [0.29, 0.717) is 10.1 Å². The lowest BCUT2D eigenvalue weighted by molar-refractivity contribution is 0.459. The van der Waals surface area contributed by atoms with Crippen LogP contribution in [0.5, 0.6) is 0 Å². The molecule has 0 atom stereocenters. The molecule has 0 amide bonds. The van der Waals surface area contributed by atoms with Gasteiger partial charge in [0.2, 0.25) is 0 Å². The third-order valence-corrected chi connectivity index (χ3v) is 4.10. The molecule has 0 bridgehead atoms. The SMILES string of the molecule is CCN(CC)C(Cc1ccccc1)=NC(=S)Nc1ccc(Cl)cc1. The zero-order valence-corrected chi connectivity index (χ0v) is 15.6. The molecule has 24 heavy (non-hydrogen) atoms. The minimum absolute atomic E-state index is 0.454. The second-order valence-corrected chi connectivity index (χ2v) is 6.12. The molecule has 0 unspecified atom stereocenters. The van der Waals surface area contributed by atoms with Crippen LogP contribution in [-0.2, 0) is 6.42 Å². The Morgan fingerprint density at radius 3 is 2.25 bits per heavy atom. The Balaban J connectivity index is 2.16. The lowest BCUT2D eigenvalue weighted by Gasteiger charge is -2.23. The van der Waals surface area contributed by atoms with Gasteiger partial charge in [0.25, 0.3) is 0 Å². The van der Waals surface area contributed by atoms with Gasteiger partial charge in [-0.1, -0.05) is 41.9 Å². The van der Waals surface area contributed by atoms with Crippen molar-refractivity contribution in [1.29, 1.82) is 0 Å². The van der Waals surface area contributed by atoms with Gasteiger partial charge in [0.1, 0.15) is 5.84 Å². The maximum absolute atomic E-state index is 5.91. The van der Waals surface area contributed by atoms with Gasteiger partial charge in [-0.05, 0) is 55.9 Å². The summed E-state index contributed by atoms with van der Waals surface area (Å²) in [6.45, 7) is 6.04. The normalized spacial score (nSPS) is 11.2. The van der Waals surface area contributed by atoms with E-state index < -0.39 is 0 Å². The van der Waals surface area contributed by atoms with Gasteiger partial charge in [-0.15, -0.1) is 0 Å². The Labute approximate surface area is 154 Å². The first-order chi connectivity index (χ1) is 11.6. The molecule has 5 heteroatoms. The zero-order valence-electron chi connectivity index (χ0n) is 14.0. The predicted molar refractivity (Wildman–Crippen MR) is 108 cm³/mol. The fourth-order valence-corrected chi connectivity index (χ4v) is 2.74. The summed E-state index contributed by atoms with van der Waals surface area (Å²) in [5, 5.41) is 4.30. The molecule has 2 aromatic rings. The monoisotopic (exact) mass is 359 g/mol. The number of amidine groups is 1. The number of rotatable bonds is 5. The number of aliphatic imine (C=N–C) groups is 1. The van der Waals surface area contributed by atoms with Crippen LogP contribution in [0.15, 0.2) is 59.6 Å². The maximum atomic E-state index is 5.91. The van der Waals surface area contributed by atoms with Crippen molar-refractivity contribution < 1.29 is 0 Å². The molecule has 0 radical (unpaired) electrons. The third kappa shape index (κ3) is 5.62. The van der Waals surface area contributed by atoms with Crippen LogP contribution in [0.4, 0.5) is 5.69 Å². The highest BCUT2D eigenvalue weighted by Gasteiger charge is 2.10. The van der Waals surface area contributed by atoms with E-state index in [1.54, 1.807) is 0 Å². The van der Waals surface area contributed by atoms with E-state index in [4.69, 9.17) is 23.8 Å². The average molecular weight is 360 g/mol. The van der Waals surface area contributed by atoms with E-state index in [9.17, 15) is 0 Å². The Morgan fingerprint density at radius 1 is 1.04 bits per heavy atom. The second-order valence-electron chi connectivity index (χ2n) is 5.30. The summed E-state index contributed by atoms with van der Waals surface area (Å²) in [5.74, 6) is 0.970. The molecular weight excluding hydrogens is 338 g/mol. The molecule has 3 nitrogen and oxygen atoms in total. The van der Waals surface area contributed by atoms with Crippen molar-refractivity contribution in [2.45, 2.75) is 20.3 Å². The molecule has 0 aliphatic rings. The molecule has 0 saturated carbocycles. The average Bonchev–Trinajstić information content (AvgIpc) is 2.59. The summed E-state index contributed by atoms with van der Waals surface area (Å²) < 4.78 is 0. The molecule has 0 fully saturated rings. The lowest BCUT2D eigenvalue weighted by Crippen LogP contribution is -2.33. The van der Waals surface area contributed by atoms with E-state index >= 15 is 0 Å². The summed E-state index contributed by atoms with van der Waals surface area (Å²) in [6, 6.07) is 17.7. The standard InChI is InChI=1S/C19H22ClN3S/c1-3-23(4-2)18(14-15-8-6-5-7-9-15)22-19(24)21-17-12-10-16(20)11-13-17/h5-13H,3-4,14H2,1-2H3,(H,21,24). The molecule has 0 spiro atoms. The van der Waals surface area contributed by atoms with Crippen molar-refractivity contribution in [3.8, 4) is 0 Å². The van der Waals surface area contributed by atoms with Crippen molar-refractivity contribution in [1.82, 2.24) is 4.90 Å². The second kappa shape index (κ2) is 9.40. The molecule has 2 aromatic carbocycles. The van der Waals surface area contributed by atoms with Gasteiger partial charge in [-0.25, -0.2) is 4.99 Å². The van der Waals surface area contributed by atoms with Crippen molar-refractivity contribution in [2.24, 2.45) is 4.99 Å². The Morgan fingerprint density at radius 2 is 1.67 bits per heavy atom. The summed E-state index contributed by atoms with van der Waals surface area (Å²) in [6.07, 6.45) is 0.755. The first-order valence-electron chi connectivity index (χ1n) is 8.05. The number of halogens is 1.